The van der Waals surface area contributed by atoms with E-state index >= 15 is 0 Å². The molecule has 128 valence electrons. The van der Waals surface area contributed by atoms with Gasteiger partial charge in [0.15, 0.2) is 0 Å². The number of rotatable bonds is 8. The fourth-order valence-corrected chi connectivity index (χ4v) is 2.48. The van der Waals surface area contributed by atoms with E-state index in [0.717, 1.165) is 12.2 Å². The Morgan fingerprint density at radius 2 is 1.88 bits per heavy atom. The SMILES string of the molecule is Cc1cccc(OCCNC(=O)CCc2ccc(C(C)C)cc2)c1. The lowest BCUT2D eigenvalue weighted by molar-refractivity contribution is -0.121. The predicted molar refractivity (Wildman–Crippen MR) is 98.5 cm³/mol. The van der Waals surface area contributed by atoms with Crippen LogP contribution in [-0.2, 0) is 11.2 Å². The zero-order valence-corrected chi connectivity index (χ0v) is 14.8. The van der Waals surface area contributed by atoms with E-state index in [4.69, 9.17) is 4.74 Å². The lowest BCUT2D eigenvalue weighted by Crippen LogP contribution is -2.28. The van der Waals surface area contributed by atoms with Crippen LogP contribution in [0.4, 0.5) is 0 Å². The smallest absolute Gasteiger partial charge is 0.220 e. The van der Waals surface area contributed by atoms with Crippen molar-refractivity contribution in [1.82, 2.24) is 5.32 Å². The minimum absolute atomic E-state index is 0.0655. The molecule has 0 aromatic heterocycles. The molecule has 3 heteroatoms. The quantitative estimate of drug-likeness (QED) is 0.737. The zero-order chi connectivity index (χ0) is 17.4. The number of hydrogen-bond acceptors (Lipinski definition) is 2. The fourth-order valence-electron chi connectivity index (χ4n) is 2.48. The third-order valence-electron chi connectivity index (χ3n) is 3.97. The highest BCUT2D eigenvalue weighted by Gasteiger charge is 2.03. The second kappa shape index (κ2) is 9.11. The number of amides is 1. The number of carbonyl (C=O) groups is 1. The third-order valence-corrected chi connectivity index (χ3v) is 3.97. The first-order chi connectivity index (χ1) is 11.5. The molecule has 0 spiro atoms. The molecule has 24 heavy (non-hydrogen) atoms. The number of ether oxygens (including phenoxy) is 1. The molecule has 0 bridgehead atoms. The molecule has 0 unspecified atom stereocenters. The average Bonchev–Trinajstić information content (AvgIpc) is 2.57. The monoisotopic (exact) mass is 325 g/mol. The molecule has 1 N–H and O–H groups in total. The van der Waals surface area contributed by atoms with E-state index in [1.54, 1.807) is 0 Å². The Kier molecular flexibility index (Phi) is 6.86. The van der Waals surface area contributed by atoms with E-state index in [1.807, 2.05) is 31.2 Å². The number of nitrogens with one attached hydrogen (secondary N) is 1. The van der Waals surface area contributed by atoms with E-state index in [2.05, 4.69) is 43.4 Å². The Morgan fingerprint density at radius 3 is 2.54 bits per heavy atom. The first kappa shape index (κ1) is 18.1. The number of carbonyl (C=O) groups excluding carboxylic acids is 1. The number of benzene rings is 2. The topological polar surface area (TPSA) is 38.3 Å². The largest absolute Gasteiger partial charge is 0.492 e. The van der Waals surface area contributed by atoms with Crippen molar-refractivity contribution >= 4 is 5.91 Å². The van der Waals surface area contributed by atoms with Crippen LogP contribution in [0.5, 0.6) is 5.75 Å². The molecule has 2 aromatic rings. The van der Waals surface area contributed by atoms with Gasteiger partial charge in [0.05, 0.1) is 6.54 Å². The number of hydrogen-bond donors (Lipinski definition) is 1. The van der Waals surface area contributed by atoms with Crippen LogP contribution < -0.4 is 10.1 Å². The van der Waals surface area contributed by atoms with Gasteiger partial charge in [-0.1, -0.05) is 50.2 Å². The van der Waals surface area contributed by atoms with Crippen molar-refractivity contribution in [3.05, 3.63) is 65.2 Å². The maximum absolute atomic E-state index is 11.9. The molecule has 3 nitrogen and oxygen atoms in total. The standard InChI is InChI=1S/C21H27NO2/c1-16(2)19-10-7-18(8-11-19)9-12-21(23)22-13-14-24-20-6-4-5-17(3)15-20/h4-8,10-11,15-16H,9,12-14H2,1-3H3,(H,22,23). The van der Waals surface area contributed by atoms with E-state index < -0.39 is 0 Å². The Balaban J connectivity index is 1.64. The molecule has 2 rings (SSSR count). The van der Waals surface area contributed by atoms with Crippen LogP contribution in [0.25, 0.3) is 0 Å². The van der Waals surface area contributed by atoms with Gasteiger partial charge < -0.3 is 10.1 Å². The lowest BCUT2D eigenvalue weighted by Gasteiger charge is -2.09. The molecular weight excluding hydrogens is 298 g/mol. The van der Waals surface area contributed by atoms with Gasteiger partial charge in [-0.05, 0) is 48.1 Å². The molecule has 0 saturated heterocycles. The average molecular weight is 325 g/mol. The van der Waals surface area contributed by atoms with Gasteiger partial charge in [0.1, 0.15) is 12.4 Å². The first-order valence-corrected chi connectivity index (χ1v) is 8.59. The minimum Gasteiger partial charge on any atom is -0.492 e. The maximum atomic E-state index is 11.9. The summed E-state index contributed by atoms with van der Waals surface area (Å²) in [5, 5.41) is 2.90. The van der Waals surface area contributed by atoms with Gasteiger partial charge in [0, 0.05) is 6.42 Å². The van der Waals surface area contributed by atoms with Crippen molar-refractivity contribution in [3.63, 3.8) is 0 Å². The van der Waals surface area contributed by atoms with Gasteiger partial charge in [0.25, 0.3) is 0 Å². The summed E-state index contributed by atoms with van der Waals surface area (Å²) in [7, 11) is 0. The van der Waals surface area contributed by atoms with E-state index in [0.29, 0.717) is 25.5 Å². The summed E-state index contributed by atoms with van der Waals surface area (Å²) in [6, 6.07) is 16.4. The van der Waals surface area contributed by atoms with Crippen LogP contribution in [0, 0.1) is 6.92 Å². The summed E-state index contributed by atoms with van der Waals surface area (Å²) in [5.74, 6) is 1.45. The second-order valence-corrected chi connectivity index (χ2v) is 6.41. The normalized spacial score (nSPS) is 10.7. The molecular formula is C21H27NO2. The van der Waals surface area contributed by atoms with Crippen molar-refractivity contribution in [1.29, 1.82) is 0 Å². The summed E-state index contributed by atoms with van der Waals surface area (Å²) in [6.07, 6.45) is 1.27. The van der Waals surface area contributed by atoms with Crippen molar-refractivity contribution < 1.29 is 9.53 Å². The van der Waals surface area contributed by atoms with Gasteiger partial charge in [-0.25, -0.2) is 0 Å². The molecule has 0 radical (unpaired) electrons. The van der Waals surface area contributed by atoms with E-state index in [9.17, 15) is 4.79 Å². The van der Waals surface area contributed by atoms with Crippen molar-refractivity contribution in [2.24, 2.45) is 0 Å². The molecule has 0 atom stereocenters. The Hall–Kier alpha value is -2.29. The summed E-state index contributed by atoms with van der Waals surface area (Å²) in [5.41, 5.74) is 3.70. The summed E-state index contributed by atoms with van der Waals surface area (Å²) >= 11 is 0. The van der Waals surface area contributed by atoms with Gasteiger partial charge >= 0.3 is 0 Å². The van der Waals surface area contributed by atoms with Crippen LogP contribution >= 0.6 is 0 Å². The molecule has 0 aliphatic rings. The fraction of sp³-hybridized carbons (Fsp3) is 0.381. The molecule has 2 aromatic carbocycles. The maximum Gasteiger partial charge on any atom is 0.220 e. The van der Waals surface area contributed by atoms with Crippen LogP contribution in [-0.4, -0.2) is 19.1 Å². The Bertz CT molecular complexity index is 647. The van der Waals surface area contributed by atoms with E-state index in [1.165, 1.54) is 16.7 Å². The van der Waals surface area contributed by atoms with Crippen LogP contribution in [0.15, 0.2) is 48.5 Å². The molecule has 0 fully saturated rings. The predicted octanol–water partition coefficient (Wildman–Crippen LogP) is 4.25. The van der Waals surface area contributed by atoms with Crippen LogP contribution in [0.2, 0.25) is 0 Å². The van der Waals surface area contributed by atoms with Crippen molar-refractivity contribution in [2.75, 3.05) is 13.2 Å². The van der Waals surface area contributed by atoms with Gasteiger partial charge in [0.2, 0.25) is 5.91 Å². The molecule has 0 heterocycles. The molecule has 0 aliphatic heterocycles. The Labute approximate surface area is 145 Å². The van der Waals surface area contributed by atoms with Crippen LogP contribution in [0.1, 0.15) is 42.9 Å². The van der Waals surface area contributed by atoms with Crippen LogP contribution in [0.3, 0.4) is 0 Å². The highest BCUT2D eigenvalue weighted by molar-refractivity contribution is 5.76. The first-order valence-electron chi connectivity index (χ1n) is 8.59. The zero-order valence-electron chi connectivity index (χ0n) is 14.8. The lowest BCUT2D eigenvalue weighted by atomic mass is 10.0. The molecule has 0 saturated carbocycles. The molecule has 0 aliphatic carbocycles. The summed E-state index contributed by atoms with van der Waals surface area (Å²) < 4.78 is 5.62. The summed E-state index contributed by atoms with van der Waals surface area (Å²) in [4.78, 5) is 11.9. The van der Waals surface area contributed by atoms with E-state index in [-0.39, 0.29) is 5.91 Å². The Morgan fingerprint density at radius 1 is 1.12 bits per heavy atom. The van der Waals surface area contributed by atoms with Crippen molar-refractivity contribution in [3.8, 4) is 5.75 Å². The summed E-state index contributed by atoms with van der Waals surface area (Å²) in [6.45, 7) is 7.40. The third kappa shape index (κ3) is 6.07. The van der Waals surface area contributed by atoms with Crippen molar-refractivity contribution in [2.45, 2.75) is 39.5 Å². The van der Waals surface area contributed by atoms with Gasteiger partial charge in [-0.15, -0.1) is 0 Å². The highest BCUT2D eigenvalue weighted by Crippen LogP contribution is 2.15. The van der Waals surface area contributed by atoms with Gasteiger partial charge in [-0.2, -0.15) is 0 Å². The van der Waals surface area contributed by atoms with Gasteiger partial charge in [-0.3, -0.25) is 4.79 Å². The highest BCUT2D eigenvalue weighted by atomic mass is 16.5. The molecule has 1 amide bonds. The minimum atomic E-state index is 0.0655. The number of aryl methyl sites for hydroxylation is 2. The second-order valence-electron chi connectivity index (χ2n) is 6.41.